The van der Waals surface area contributed by atoms with Crippen LogP contribution in [0.2, 0.25) is 0 Å². The Morgan fingerprint density at radius 2 is 1.97 bits per heavy atom. The van der Waals surface area contributed by atoms with Crippen LogP contribution < -0.4 is 10.1 Å². The van der Waals surface area contributed by atoms with Gasteiger partial charge in [-0.15, -0.1) is 0 Å². The van der Waals surface area contributed by atoms with Crippen molar-refractivity contribution in [1.29, 1.82) is 0 Å². The van der Waals surface area contributed by atoms with Crippen LogP contribution >= 0.6 is 0 Å². The van der Waals surface area contributed by atoms with Crippen molar-refractivity contribution in [1.82, 2.24) is 19.9 Å². The predicted molar refractivity (Wildman–Crippen MR) is 116 cm³/mol. The average Bonchev–Trinajstić information content (AvgIpc) is 3.33. The van der Waals surface area contributed by atoms with E-state index in [1.807, 2.05) is 60.8 Å². The first kappa shape index (κ1) is 18.6. The zero-order chi connectivity index (χ0) is 20.7. The Labute approximate surface area is 174 Å². The molecule has 1 amide bonds. The SMILES string of the molecule is Cc1nc2c3ccccc3nn2c(C)c1CCC(=O)NCC1Cc2ccccc2O1. The van der Waals surface area contributed by atoms with Crippen LogP contribution in [-0.2, 0) is 17.6 Å². The standard InChI is InChI=1S/C24H24N4O2/c1-15-19(16(2)28-24(26-15)20-8-4-5-9-21(20)27-28)11-12-23(29)25-14-18-13-17-7-3-6-10-22(17)30-18/h3-10,18H,11-14H2,1-2H3,(H,25,29). The molecule has 1 N–H and O–H groups in total. The summed E-state index contributed by atoms with van der Waals surface area (Å²) in [7, 11) is 0. The molecule has 6 heteroatoms. The van der Waals surface area contributed by atoms with E-state index >= 15 is 0 Å². The summed E-state index contributed by atoms with van der Waals surface area (Å²) in [5.74, 6) is 0.952. The molecule has 2 aromatic carbocycles. The lowest BCUT2D eigenvalue weighted by atomic mass is 10.1. The van der Waals surface area contributed by atoms with Crippen molar-refractivity contribution >= 4 is 22.5 Å². The molecule has 3 heterocycles. The molecule has 1 aliphatic rings. The lowest BCUT2D eigenvalue weighted by Crippen LogP contribution is -2.34. The van der Waals surface area contributed by atoms with Gasteiger partial charge in [-0.2, -0.15) is 5.10 Å². The van der Waals surface area contributed by atoms with Gasteiger partial charge in [-0.25, -0.2) is 9.50 Å². The van der Waals surface area contributed by atoms with Crippen LogP contribution in [0.1, 0.15) is 28.9 Å². The van der Waals surface area contributed by atoms with E-state index in [1.165, 1.54) is 5.56 Å². The van der Waals surface area contributed by atoms with Gasteiger partial charge >= 0.3 is 0 Å². The molecule has 0 bridgehead atoms. The lowest BCUT2D eigenvalue weighted by molar-refractivity contribution is -0.121. The van der Waals surface area contributed by atoms with Gasteiger partial charge in [0, 0.05) is 29.6 Å². The van der Waals surface area contributed by atoms with Crippen LogP contribution in [0.4, 0.5) is 0 Å². The minimum atomic E-state index is 0.00402. The molecule has 0 fully saturated rings. The Bertz CT molecular complexity index is 1240. The Balaban J connectivity index is 1.25. The van der Waals surface area contributed by atoms with E-state index in [-0.39, 0.29) is 12.0 Å². The zero-order valence-electron chi connectivity index (χ0n) is 17.2. The normalized spacial score (nSPS) is 15.3. The Morgan fingerprint density at radius 3 is 2.83 bits per heavy atom. The van der Waals surface area contributed by atoms with Gasteiger partial charge in [0.1, 0.15) is 11.9 Å². The Hall–Kier alpha value is -3.41. The largest absolute Gasteiger partial charge is 0.488 e. The van der Waals surface area contributed by atoms with E-state index in [1.54, 1.807) is 0 Å². The zero-order valence-corrected chi connectivity index (χ0v) is 17.2. The van der Waals surface area contributed by atoms with Gasteiger partial charge in [-0.1, -0.05) is 30.3 Å². The summed E-state index contributed by atoms with van der Waals surface area (Å²) in [6.45, 7) is 4.57. The maximum absolute atomic E-state index is 12.5. The number of carbonyl (C=O) groups excluding carboxylic acids is 1. The van der Waals surface area contributed by atoms with Crippen molar-refractivity contribution < 1.29 is 9.53 Å². The minimum Gasteiger partial charge on any atom is -0.488 e. The van der Waals surface area contributed by atoms with E-state index in [9.17, 15) is 4.79 Å². The van der Waals surface area contributed by atoms with Gasteiger partial charge in [0.15, 0.2) is 5.65 Å². The molecule has 30 heavy (non-hydrogen) atoms. The first-order valence-electron chi connectivity index (χ1n) is 10.3. The summed E-state index contributed by atoms with van der Waals surface area (Å²) >= 11 is 0. The first-order valence-corrected chi connectivity index (χ1v) is 10.3. The summed E-state index contributed by atoms with van der Waals surface area (Å²) in [6, 6.07) is 16.1. The highest BCUT2D eigenvalue weighted by molar-refractivity contribution is 5.92. The fourth-order valence-electron chi connectivity index (χ4n) is 4.26. The van der Waals surface area contributed by atoms with E-state index in [2.05, 4.69) is 16.5 Å². The highest BCUT2D eigenvalue weighted by atomic mass is 16.5. The van der Waals surface area contributed by atoms with Gasteiger partial charge in [-0.05, 0) is 49.6 Å². The number of fused-ring (bicyclic) bond motifs is 4. The fourth-order valence-corrected chi connectivity index (χ4v) is 4.26. The molecule has 0 saturated heterocycles. The number of nitrogens with one attached hydrogen (secondary N) is 1. The fraction of sp³-hybridized carbons (Fsp3) is 0.292. The summed E-state index contributed by atoms with van der Waals surface area (Å²) in [6.07, 6.45) is 1.88. The molecular formula is C24H24N4O2. The number of amides is 1. The quantitative estimate of drug-likeness (QED) is 0.556. The van der Waals surface area contributed by atoms with Crippen molar-refractivity contribution in [3.63, 3.8) is 0 Å². The smallest absolute Gasteiger partial charge is 0.220 e. The van der Waals surface area contributed by atoms with Crippen LogP contribution in [0.15, 0.2) is 48.5 Å². The molecule has 5 rings (SSSR count). The van der Waals surface area contributed by atoms with Gasteiger partial charge in [-0.3, -0.25) is 4.79 Å². The Morgan fingerprint density at radius 1 is 1.17 bits per heavy atom. The molecule has 1 unspecified atom stereocenters. The third-order valence-corrected chi connectivity index (χ3v) is 5.86. The number of rotatable bonds is 5. The second kappa shape index (κ2) is 7.44. The molecule has 1 atom stereocenters. The van der Waals surface area contributed by atoms with E-state index in [4.69, 9.17) is 9.72 Å². The Kier molecular flexibility index (Phi) is 4.62. The van der Waals surface area contributed by atoms with Crippen molar-refractivity contribution in [2.45, 2.75) is 39.2 Å². The van der Waals surface area contributed by atoms with E-state index in [0.29, 0.717) is 19.4 Å². The number of ether oxygens (including phenoxy) is 1. The van der Waals surface area contributed by atoms with Crippen LogP contribution in [0.3, 0.4) is 0 Å². The highest BCUT2D eigenvalue weighted by Crippen LogP contribution is 2.28. The number of para-hydroxylation sites is 1. The van der Waals surface area contributed by atoms with Crippen LogP contribution in [-0.4, -0.2) is 33.2 Å². The second-order valence-electron chi connectivity index (χ2n) is 7.87. The molecule has 0 spiro atoms. The van der Waals surface area contributed by atoms with Gasteiger partial charge < -0.3 is 10.1 Å². The third kappa shape index (κ3) is 3.28. The highest BCUT2D eigenvalue weighted by Gasteiger charge is 2.22. The summed E-state index contributed by atoms with van der Waals surface area (Å²) < 4.78 is 7.80. The number of nitrogens with zero attached hydrogens (tertiary/aromatic N) is 3. The number of carbonyl (C=O) groups is 1. The molecule has 1 aliphatic heterocycles. The minimum absolute atomic E-state index is 0.00402. The third-order valence-electron chi connectivity index (χ3n) is 5.86. The van der Waals surface area contributed by atoms with Gasteiger partial charge in [0.25, 0.3) is 0 Å². The molecule has 2 aromatic heterocycles. The monoisotopic (exact) mass is 400 g/mol. The number of aromatic nitrogens is 3. The van der Waals surface area contributed by atoms with E-state index in [0.717, 1.165) is 45.7 Å². The van der Waals surface area contributed by atoms with Crippen molar-refractivity contribution in [3.8, 4) is 5.75 Å². The van der Waals surface area contributed by atoms with Crippen molar-refractivity contribution in [2.24, 2.45) is 0 Å². The number of hydrogen-bond donors (Lipinski definition) is 1. The summed E-state index contributed by atoms with van der Waals surface area (Å²) in [5, 5.41) is 8.76. The lowest BCUT2D eigenvalue weighted by Gasteiger charge is -2.13. The molecule has 0 radical (unpaired) electrons. The molecular weight excluding hydrogens is 376 g/mol. The maximum Gasteiger partial charge on any atom is 0.220 e. The topological polar surface area (TPSA) is 68.5 Å². The summed E-state index contributed by atoms with van der Waals surface area (Å²) in [4.78, 5) is 17.2. The molecule has 152 valence electrons. The van der Waals surface area contributed by atoms with E-state index < -0.39 is 0 Å². The van der Waals surface area contributed by atoms with Crippen LogP contribution in [0.25, 0.3) is 16.6 Å². The van der Waals surface area contributed by atoms with Crippen molar-refractivity contribution in [2.75, 3.05) is 6.54 Å². The number of benzene rings is 2. The van der Waals surface area contributed by atoms with Gasteiger partial charge in [0.2, 0.25) is 5.91 Å². The van der Waals surface area contributed by atoms with Crippen molar-refractivity contribution in [3.05, 3.63) is 71.0 Å². The number of aryl methyl sites for hydroxylation is 2. The predicted octanol–water partition coefficient (Wildman–Crippen LogP) is 3.55. The second-order valence-corrected chi connectivity index (χ2v) is 7.87. The van der Waals surface area contributed by atoms with Crippen LogP contribution in [0.5, 0.6) is 5.75 Å². The molecule has 4 aromatic rings. The molecule has 6 nitrogen and oxygen atoms in total. The molecule has 0 aliphatic carbocycles. The molecule has 0 saturated carbocycles. The average molecular weight is 400 g/mol. The number of hydrogen-bond acceptors (Lipinski definition) is 4. The summed E-state index contributed by atoms with van der Waals surface area (Å²) in [5.41, 5.74) is 6.07. The first-order chi connectivity index (χ1) is 14.6. The maximum atomic E-state index is 12.5. The van der Waals surface area contributed by atoms with Gasteiger partial charge in [0.05, 0.1) is 12.1 Å². The van der Waals surface area contributed by atoms with Crippen LogP contribution in [0, 0.1) is 13.8 Å².